The van der Waals surface area contributed by atoms with E-state index in [-0.39, 0.29) is 18.3 Å². The lowest BCUT2D eigenvalue weighted by molar-refractivity contribution is -0.149. The average Bonchev–Trinajstić information content (AvgIpc) is 3.17. The van der Waals surface area contributed by atoms with Gasteiger partial charge in [0.2, 0.25) is 0 Å². The molecule has 0 radical (unpaired) electrons. The van der Waals surface area contributed by atoms with Gasteiger partial charge in [0.05, 0.1) is 12.0 Å². The van der Waals surface area contributed by atoms with Crippen LogP contribution in [0.1, 0.15) is 36.1 Å². The van der Waals surface area contributed by atoms with Crippen molar-refractivity contribution in [3.63, 3.8) is 0 Å². The molecule has 1 N–H and O–H groups in total. The van der Waals surface area contributed by atoms with Crippen molar-refractivity contribution < 1.29 is 32.1 Å². The lowest BCUT2D eigenvalue weighted by atomic mass is 9.97. The molecule has 2 atom stereocenters. The van der Waals surface area contributed by atoms with Gasteiger partial charge in [-0.15, -0.1) is 0 Å². The number of carboxylic acid groups (broad SMARTS) is 1. The van der Waals surface area contributed by atoms with Gasteiger partial charge in [-0.1, -0.05) is 35.5 Å². The van der Waals surface area contributed by atoms with Gasteiger partial charge < -0.3 is 18.9 Å². The molecule has 0 amide bonds. The molecule has 30 heavy (non-hydrogen) atoms. The Morgan fingerprint density at radius 1 is 1.27 bits per heavy atom. The summed E-state index contributed by atoms with van der Waals surface area (Å²) < 4.78 is 32.5. The van der Waals surface area contributed by atoms with Crippen LogP contribution in [0.3, 0.4) is 0 Å². The number of ether oxygens (including phenoxy) is 1. The van der Waals surface area contributed by atoms with Crippen molar-refractivity contribution in [3.05, 3.63) is 65.2 Å². The third-order valence-corrected chi connectivity index (χ3v) is 4.99. The number of rotatable bonds is 9. The van der Waals surface area contributed by atoms with Crippen LogP contribution >= 0.6 is 0 Å². The van der Waals surface area contributed by atoms with Crippen LogP contribution in [-0.4, -0.2) is 44.2 Å². The SMILES string of the molecule is CCO[C@@H](Cc1cccc(C2=NOC(c3ccc(OS(C)(=O)=O)cc3)C2)c1)C(=O)O. The molecule has 0 saturated heterocycles. The predicted octanol–water partition coefficient (Wildman–Crippen LogP) is 2.92. The minimum atomic E-state index is -3.58. The monoisotopic (exact) mass is 433 g/mol. The summed E-state index contributed by atoms with van der Waals surface area (Å²) in [5.74, 6) is -0.762. The molecule has 0 fully saturated rings. The second-order valence-electron chi connectivity index (χ2n) is 6.88. The molecule has 2 aromatic rings. The largest absolute Gasteiger partial charge is 0.479 e. The second kappa shape index (κ2) is 9.27. The topological polar surface area (TPSA) is 111 Å². The first kappa shape index (κ1) is 21.8. The Bertz CT molecular complexity index is 1030. The number of hydrogen-bond acceptors (Lipinski definition) is 7. The van der Waals surface area contributed by atoms with Crippen molar-refractivity contribution in [2.24, 2.45) is 5.16 Å². The van der Waals surface area contributed by atoms with Crippen LogP contribution in [0.5, 0.6) is 5.75 Å². The third kappa shape index (κ3) is 5.80. The van der Waals surface area contributed by atoms with Crippen LogP contribution in [0.25, 0.3) is 0 Å². The van der Waals surface area contributed by atoms with Gasteiger partial charge in [0.15, 0.2) is 12.2 Å². The second-order valence-corrected chi connectivity index (χ2v) is 8.45. The minimum Gasteiger partial charge on any atom is -0.479 e. The van der Waals surface area contributed by atoms with Gasteiger partial charge in [0, 0.05) is 19.4 Å². The summed E-state index contributed by atoms with van der Waals surface area (Å²) in [5.41, 5.74) is 3.28. The summed E-state index contributed by atoms with van der Waals surface area (Å²) in [7, 11) is -3.58. The van der Waals surface area contributed by atoms with Gasteiger partial charge >= 0.3 is 16.1 Å². The van der Waals surface area contributed by atoms with Gasteiger partial charge in [-0.2, -0.15) is 8.42 Å². The fourth-order valence-electron chi connectivity index (χ4n) is 3.15. The molecule has 0 saturated carbocycles. The Morgan fingerprint density at radius 2 is 2.00 bits per heavy atom. The maximum Gasteiger partial charge on any atom is 0.333 e. The lowest BCUT2D eigenvalue weighted by Crippen LogP contribution is -2.26. The molecule has 1 heterocycles. The fourth-order valence-corrected chi connectivity index (χ4v) is 3.61. The zero-order chi connectivity index (χ0) is 21.7. The predicted molar refractivity (Wildman–Crippen MR) is 110 cm³/mol. The summed E-state index contributed by atoms with van der Waals surface area (Å²) >= 11 is 0. The summed E-state index contributed by atoms with van der Waals surface area (Å²) in [6.07, 6.45) is 0.584. The molecule has 3 rings (SSSR count). The standard InChI is InChI=1S/C21H23NO7S/c1-3-27-20(21(23)24)12-14-5-4-6-16(11-14)18-13-19(28-22-18)15-7-9-17(10-8-15)29-30(2,25)26/h4-11,19-20H,3,12-13H2,1-2H3,(H,23,24)/t19?,20-/m0/s1. The van der Waals surface area contributed by atoms with E-state index in [0.29, 0.717) is 13.0 Å². The molecule has 8 nitrogen and oxygen atoms in total. The number of nitrogens with zero attached hydrogens (tertiary/aromatic N) is 1. The van der Waals surface area contributed by atoms with E-state index in [1.54, 1.807) is 31.2 Å². The van der Waals surface area contributed by atoms with Crippen molar-refractivity contribution in [2.45, 2.75) is 32.0 Å². The molecule has 2 aromatic carbocycles. The van der Waals surface area contributed by atoms with E-state index in [0.717, 1.165) is 28.7 Å². The highest BCUT2D eigenvalue weighted by Gasteiger charge is 2.25. The fraction of sp³-hybridized carbons (Fsp3) is 0.333. The normalized spacial score (nSPS) is 17.1. The van der Waals surface area contributed by atoms with E-state index in [2.05, 4.69) is 5.16 Å². The Hall–Kier alpha value is -2.91. The van der Waals surface area contributed by atoms with E-state index in [1.165, 1.54) is 0 Å². The van der Waals surface area contributed by atoms with Gasteiger partial charge in [0.25, 0.3) is 0 Å². The highest BCUT2D eigenvalue weighted by molar-refractivity contribution is 7.86. The molecule has 160 valence electrons. The summed E-state index contributed by atoms with van der Waals surface area (Å²) in [4.78, 5) is 16.9. The maximum absolute atomic E-state index is 11.3. The summed E-state index contributed by atoms with van der Waals surface area (Å²) in [6, 6.07) is 14.1. The molecule has 0 aromatic heterocycles. The zero-order valence-corrected chi connectivity index (χ0v) is 17.5. The molecule has 1 aliphatic rings. The van der Waals surface area contributed by atoms with Crippen molar-refractivity contribution in [2.75, 3.05) is 12.9 Å². The molecule has 1 aliphatic heterocycles. The highest BCUT2D eigenvalue weighted by atomic mass is 32.2. The third-order valence-electron chi connectivity index (χ3n) is 4.49. The highest BCUT2D eigenvalue weighted by Crippen LogP contribution is 2.31. The van der Waals surface area contributed by atoms with Crippen LogP contribution in [0.2, 0.25) is 0 Å². The van der Waals surface area contributed by atoms with Crippen LogP contribution < -0.4 is 4.18 Å². The van der Waals surface area contributed by atoms with Crippen molar-refractivity contribution in [3.8, 4) is 5.75 Å². The minimum absolute atomic E-state index is 0.232. The van der Waals surface area contributed by atoms with E-state index >= 15 is 0 Å². The summed E-state index contributed by atoms with van der Waals surface area (Å²) in [5, 5.41) is 13.5. The average molecular weight is 433 g/mol. The van der Waals surface area contributed by atoms with Crippen LogP contribution in [0.15, 0.2) is 53.7 Å². The number of benzene rings is 2. The Morgan fingerprint density at radius 3 is 2.63 bits per heavy atom. The first-order valence-corrected chi connectivity index (χ1v) is 11.2. The van der Waals surface area contributed by atoms with Gasteiger partial charge in [-0.05, 0) is 41.8 Å². The molecular formula is C21H23NO7S. The Labute approximate surface area is 175 Å². The first-order chi connectivity index (χ1) is 14.2. The van der Waals surface area contributed by atoms with Gasteiger partial charge in [-0.3, -0.25) is 0 Å². The number of hydrogen-bond donors (Lipinski definition) is 1. The van der Waals surface area contributed by atoms with Crippen molar-refractivity contribution >= 4 is 21.8 Å². The lowest BCUT2D eigenvalue weighted by Gasteiger charge is -2.13. The maximum atomic E-state index is 11.3. The molecule has 0 aliphatic carbocycles. The molecule has 9 heteroatoms. The molecule has 0 spiro atoms. The molecular weight excluding hydrogens is 410 g/mol. The van der Waals surface area contributed by atoms with Gasteiger partial charge in [0.1, 0.15) is 5.75 Å². The van der Waals surface area contributed by atoms with Gasteiger partial charge in [-0.25, -0.2) is 4.79 Å². The van der Waals surface area contributed by atoms with Crippen molar-refractivity contribution in [1.29, 1.82) is 0 Å². The molecule has 1 unspecified atom stereocenters. The molecule has 0 bridgehead atoms. The number of carboxylic acids is 1. The smallest absolute Gasteiger partial charge is 0.333 e. The van der Waals surface area contributed by atoms with E-state index in [1.807, 2.05) is 24.3 Å². The van der Waals surface area contributed by atoms with Crippen LogP contribution in [0, 0.1) is 0 Å². The van der Waals surface area contributed by atoms with Crippen LogP contribution in [-0.2, 0) is 30.9 Å². The Balaban J connectivity index is 1.67. The zero-order valence-electron chi connectivity index (χ0n) is 16.6. The van der Waals surface area contributed by atoms with E-state index in [4.69, 9.17) is 13.8 Å². The quantitative estimate of drug-likeness (QED) is 0.605. The number of carbonyl (C=O) groups is 1. The number of aliphatic carboxylic acids is 1. The summed E-state index contributed by atoms with van der Waals surface area (Å²) in [6.45, 7) is 2.09. The van der Waals surface area contributed by atoms with Crippen molar-refractivity contribution in [1.82, 2.24) is 0 Å². The van der Waals surface area contributed by atoms with E-state index < -0.39 is 22.2 Å². The Kier molecular flexibility index (Phi) is 6.73. The number of oxime groups is 1. The van der Waals surface area contributed by atoms with E-state index in [9.17, 15) is 18.3 Å². The van der Waals surface area contributed by atoms with Crippen LogP contribution in [0.4, 0.5) is 0 Å². The first-order valence-electron chi connectivity index (χ1n) is 9.41.